The van der Waals surface area contributed by atoms with E-state index >= 15 is 0 Å². The van der Waals surface area contributed by atoms with E-state index in [2.05, 4.69) is 20.3 Å². The van der Waals surface area contributed by atoms with Gasteiger partial charge in [-0.25, -0.2) is 18.2 Å². The fourth-order valence-electron chi connectivity index (χ4n) is 5.25. The molecule has 6 rings (SSSR count). The Morgan fingerprint density at radius 3 is 2.22 bits per heavy atom. The molecule has 10 nitrogen and oxygen atoms in total. The summed E-state index contributed by atoms with van der Waals surface area (Å²) < 4.78 is 38.7. The standard InChI is InChI=1S/C37H35N5O5S2/c1-37(2,3)24-19-29(34(46-4)30(20-24)42-49(5,44)45)41-36(43)40-28-15-16-33(27-14-10-9-13-26(27)28)47-25-17-18-38-31(21-25)35-39-32(22-48-35)23-11-7-6-8-12-23/h6-22,42H,1-5H3,(H2,40,41,43). The van der Waals surface area contributed by atoms with E-state index in [1.165, 1.54) is 18.4 Å². The van der Waals surface area contributed by atoms with Gasteiger partial charge in [0, 0.05) is 34.0 Å². The van der Waals surface area contributed by atoms with Gasteiger partial charge >= 0.3 is 6.03 Å². The lowest BCUT2D eigenvalue weighted by atomic mass is 9.86. The number of nitrogens with zero attached hydrogens (tertiary/aromatic N) is 2. The third-order valence-electron chi connectivity index (χ3n) is 7.59. The smallest absolute Gasteiger partial charge is 0.323 e. The second kappa shape index (κ2) is 13.6. The van der Waals surface area contributed by atoms with Crippen molar-refractivity contribution in [3.63, 3.8) is 0 Å². The van der Waals surface area contributed by atoms with Gasteiger partial charge in [-0.3, -0.25) is 9.71 Å². The van der Waals surface area contributed by atoms with Gasteiger partial charge in [0.15, 0.2) is 5.75 Å². The zero-order valence-electron chi connectivity index (χ0n) is 27.6. The van der Waals surface area contributed by atoms with Crippen LogP contribution in [0.1, 0.15) is 26.3 Å². The molecule has 0 radical (unpaired) electrons. The van der Waals surface area contributed by atoms with Gasteiger partial charge in [-0.15, -0.1) is 11.3 Å². The predicted molar refractivity (Wildman–Crippen MR) is 198 cm³/mol. The van der Waals surface area contributed by atoms with E-state index in [-0.39, 0.29) is 16.9 Å². The molecule has 2 aromatic heterocycles. The number of anilines is 3. The SMILES string of the molecule is COc1c(NC(=O)Nc2ccc(Oc3ccnc(-c4nc(-c5ccccc5)cs4)c3)c3ccccc23)cc(C(C)(C)C)cc1NS(C)(=O)=O. The van der Waals surface area contributed by atoms with Crippen molar-refractivity contribution in [3.8, 4) is 39.2 Å². The van der Waals surface area contributed by atoms with Crippen LogP contribution in [0.2, 0.25) is 0 Å². The van der Waals surface area contributed by atoms with Crippen LogP contribution < -0.4 is 24.8 Å². The molecule has 0 aliphatic rings. The molecule has 0 unspecified atom stereocenters. The van der Waals surface area contributed by atoms with Gasteiger partial charge in [-0.1, -0.05) is 75.4 Å². The summed E-state index contributed by atoms with van der Waals surface area (Å²) in [5.74, 6) is 1.38. The van der Waals surface area contributed by atoms with Crippen LogP contribution in [0, 0.1) is 0 Å². The number of carbonyl (C=O) groups is 1. The van der Waals surface area contributed by atoms with Crippen LogP contribution in [0.3, 0.4) is 0 Å². The number of aromatic nitrogens is 2. The van der Waals surface area contributed by atoms with Gasteiger partial charge in [-0.2, -0.15) is 0 Å². The lowest BCUT2D eigenvalue weighted by Gasteiger charge is -2.24. The average molecular weight is 694 g/mol. The lowest BCUT2D eigenvalue weighted by molar-refractivity contribution is 0.262. The number of nitrogens with one attached hydrogen (secondary N) is 3. The van der Waals surface area contributed by atoms with Gasteiger partial charge < -0.3 is 20.1 Å². The summed E-state index contributed by atoms with van der Waals surface area (Å²) in [6, 6.07) is 27.7. The van der Waals surface area contributed by atoms with E-state index in [4.69, 9.17) is 14.5 Å². The summed E-state index contributed by atoms with van der Waals surface area (Å²) in [6.07, 6.45) is 2.75. The lowest BCUT2D eigenvalue weighted by Crippen LogP contribution is -2.22. The molecular weight excluding hydrogens is 659 g/mol. The highest BCUT2D eigenvalue weighted by Gasteiger charge is 2.22. The Morgan fingerprint density at radius 2 is 1.51 bits per heavy atom. The van der Waals surface area contributed by atoms with Gasteiger partial charge in [0.05, 0.1) is 36.1 Å². The molecule has 6 aromatic rings. The van der Waals surface area contributed by atoms with E-state index < -0.39 is 16.1 Å². The highest BCUT2D eigenvalue weighted by atomic mass is 32.2. The van der Waals surface area contributed by atoms with E-state index in [1.807, 2.05) is 86.8 Å². The quantitative estimate of drug-likeness (QED) is 0.138. The molecule has 0 saturated heterocycles. The minimum absolute atomic E-state index is 0.188. The number of benzene rings is 4. The first kappa shape index (κ1) is 33.4. The number of fused-ring (bicyclic) bond motifs is 1. The van der Waals surface area contributed by atoms with E-state index in [1.54, 1.807) is 36.5 Å². The molecule has 49 heavy (non-hydrogen) atoms. The van der Waals surface area contributed by atoms with Crippen LogP contribution in [0.4, 0.5) is 21.9 Å². The number of urea groups is 1. The van der Waals surface area contributed by atoms with Gasteiger partial charge in [0.2, 0.25) is 10.0 Å². The zero-order valence-corrected chi connectivity index (χ0v) is 29.2. The predicted octanol–water partition coefficient (Wildman–Crippen LogP) is 9.14. The van der Waals surface area contributed by atoms with Crippen molar-refractivity contribution in [1.29, 1.82) is 0 Å². The maximum Gasteiger partial charge on any atom is 0.323 e. The third-order valence-corrected chi connectivity index (χ3v) is 9.04. The molecule has 0 fully saturated rings. The average Bonchev–Trinajstić information content (AvgIpc) is 3.56. The minimum atomic E-state index is -3.62. The molecule has 0 saturated carbocycles. The minimum Gasteiger partial charge on any atom is -0.492 e. The number of thiazole rings is 1. The number of rotatable bonds is 9. The maximum absolute atomic E-state index is 13.4. The highest BCUT2D eigenvalue weighted by molar-refractivity contribution is 7.92. The van der Waals surface area contributed by atoms with E-state index in [0.717, 1.165) is 38.9 Å². The second-order valence-corrected chi connectivity index (χ2v) is 15.0. The largest absolute Gasteiger partial charge is 0.492 e. The Bertz CT molecular complexity index is 2270. The summed E-state index contributed by atoms with van der Waals surface area (Å²) in [6.45, 7) is 5.98. The normalized spacial score (nSPS) is 11.6. The summed E-state index contributed by atoms with van der Waals surface area (Å²) in [4.78, 5) is 22.7. The van der Waals surface area contributed by atoms with E-state index in [9.17, 15) is 13.2 Å². The second-order valence-electron chi connectivity index (χ2n) is 12.3. The van der Waals surface area contributed by atoms with Crippen molar-refractivity contribution in [3.05, 3.63) is 108 Å². The van der Waals surface area contributed by atoms with Crippen molar-refractivity contribution in [1.82, 2.24) is 9.97 Å². The highest BCUT2D eigenvalue weighted by Crippen LogP contribution is 2.40. The van der Waals surface area contributed by atoms with Crippen molar-refractivity contribution in [2.45, 2.75) is 26.2 Å². The van der Waals surface area contributed by atoms with Crippen LogP contribution in [0.5, 0.6) is 17.2 Å². The van der Waals surface area contributed by atoms with Crippen LogP contribution in [0.15, 0.2) is 103 Å². The molecular formula is C37H35N5O5S2. The van der Waals surface area contributed by atoms with Gasteiger partial charge in [0.1, 0.15) is 22.2 Å². The fraction of sp³-hybridized carbons (Fsp3) is 0.162. The van der Waals surface area contributed by atoms with E-state index in [0.29, 0.717) is 28.6 Å². The van der Waals surface area contributed by atoms with Crippen LogP contribution in [-0.4, -0.2) is 37.8 Å². The monoisotopic (exact) mass is 693 g/mol. The molecule has 2 heterocycles. The fourth-order valence-corrected chi connectivity index (χ4v) is 6.59. The topological polar surface area (TPSA) is 132 Å². The Morgan fingerprint density at radius 1 is 0.816 bits per heavy atom. The molecule has 2 amide bonds. The molecule has 0 bridgehead atoms. The number of sulfonamides is 1. The molecule has 3 N–H and O–H groups in total. The van der Waals surface area contributed by atoms with Gasteiger partial charge in [0.25, 0.3) is 0 Å². The molecule has 250 valence electrons. The molecule has 0 spiro atoms. The first-order chi connectivity index (χ1) is 23.4. The maximum atomic E-state index is 13.4. The Kier molecular flexibility index (Phi) is 9.26. The van der Waals surface area contributed by atoms with Crippen molar-refractivity contribution in [2.24, 2.45) is 0 Å². The number of hydrogen-bond donors (Lipinski definition) is 3. The van der Waals surface area contributed by atoms with Crippen LogP contribution in [-0.2, 0) is 15.4 Å². The number of amides is 2. The van der Waals surface area contributed by atoms with Crippen LogP contribution in [0.25, 0.3) is 32.7 Å². The number of ether oxygens (including phenoxy) is 2. The molecule has 0 aliphatic heterocycles. The third kappa shape index (κ3) is 7.82. The Balaban J connectivity index is 1.25. The Labute approximate surface area is 289 Å². The summed E-state index contributed by atoms with van der Waals surface area (Å²) in [5, 5.41) is 10.1. The number of carbonyl (C=O) groups excluding carboxylic acids is 1. The molecule has 0 atom stereocenters. The molecule has 4 aromatic carbocycles. The van der Waals surface area contributed by atoms with Gasteiger partial charge in [-0.05, 0) is 41.3 Å². The zero-order chi connectivity index (χ0) is 34.8. The summed E-state index contributed by atoms with van der Waals surface area (Å²) >= 11 is 1.52. The van der Waals surface area contributed by atoms with Crippen molar-refractivity contribution < 1.29 is 22.7 Å². The first-order valence-corrected chi connectivity index (χ1v) is 18.1. The first-order valence-electron chi connectivity index (χ1n) is 15.3. The van der Waals surface area contributed by atoms with Crippen molar-refractivity contribution >= 4 is 55.2 Å². The number of hydrogen-bond acceptors (Lipinski definition) is 8. The molecule has 0 aliphatic carbocycles. The number of methoxy groups -OCH3 is 1. The molecule has 12 heteroatoms. The number of pyridine rings is 1. The van der Waals surface area contributed by atoms with Crippen molar-refractivity contribution in [2.75, 3.05) is 28.7 Å². The summed E-state index contributed by atoms with van der Waals surface area (Å²) in [7, 11) is -2.20. The van der Waals surface area contributed by atoms with Crippen LogP contribution >= 0.6 is 11.3 Å². The summed E-state index contributed by atoms with van der Waals surface area (Å²) in [5.41, 5.74) is 4.17. The Hall–Kier alpha value is -5.46.